The maximum Gasteiger partial charge on any atom is 0.199 e. The Bertz CT molecular complexity index is 1610. The second-order valence-corrected chi connectivity index (χ2v) is 11.4. The predicted molar refractivity (Wildman–Crippen MR) is 156 cm³/mol. The number of aromatic amines is 1. The first-order chi connectivity index (χ1) is 18.4. The SMILES string of the molecule is CCc1cc2c3c(=O)c4ccc(C#N)cc4[nH]c3n(C(C)C)c2cc1N1CCC(N2CCN(C)CC2)CC1. The van der Waals surface area contributed by atoms with Crippen molar-refractivity contribution >= 4 is 38.5 Å². The van der Waals surface area contributed by atoms with Gasteiger partial charge in [-0.15, -0.1) is 0 Å². The zero-order valence-corrected chi connectivity index (χ0v) is 23.0. The highest BCUT2D eigenvalue weighted by atomic mass is 16.1. The summed E-state index contributed by atoms with van der Waals surface area (Å²) in [4.78, 5) is 25.0. The van der Waals surface area contributed by atoms with E-state index in [0.29, 0.717) is 22.5 Å². The molecule has 4 aromatic rings. The fourth-order valence-electron chi connectivity index (χ4n) is 6.69. The van der Waals surface area contributed by atoms with Crippen LogP contribution in [0.15, 0.2) is 35.1 Å². The molecule has 0 radical (unpaired) electrons. The summed E-state index contributed by atoms with van der Waals surface area (Å²) in [5.41, 5.74) is 5.86. The van der Waals surface area contributed by atoms with Crippen LogP contribution in [0.2, 0.25) is 0 Å². The second kappa shape index (κ2) is 9.76. The maximum absolute atomic E-state index is 13.8. The van der Waals surface area contributed by atoms with Crippen LogP contribution in [0, 0.1) is 11.3 Å². The van der Waals surface area contributed by atoms with Gasteiger partial charge >= 0.3 is 0 Å². The topological polar surface area (TPSA) is 71.3 Å². The molecular weight excluding hydrogens is 472 g/mol. The molecule has 0 unspecified atom stereocenters. The number of aromatic nitrogens is 2. The lowest BCUT2D eigenvalue weighted by atomic mass is 9.99. The molecule has 0 aliphatic carbocycles. The highest BCUT2D eigenvalue weighted by Crippen LogP contribution is 2.37. The molecule has 4 heterocycles. The molecule has 2 fully saturated rings. The molecular formula is C31H38N6O. The lowest BCUT2D eigenvalue weighted by molar-refractivity contribution is 0.0982. The van der Waals surface area contributed by atoms with Gasteiger partial charge in [0.2, 0.25) is 0 Å². The number of fused-ring (bicyclic) bond motifs is 4. The van der Waals surface area contributed by atoms with Crippen molar-refractivity contribution in [2.24, 2.45) is 0 Å². The average molecular weight is 511 g/mol. The van der Waals surface area contributed by atoms with Crippen molar-refractivity contribution in [1.82, 2.24) is 19.4 Å². The third-order valence-electron chi connectivity index (χ3n) is 8.83. The molecule has 2 aromatic heterocycles. The summed E-state index contributed by atoms with van der Waals surface area (Å²) < 4.78 is 2.27. The molecule has 1 N–H and O–H groups in total. The number of anilines is 1. The minimum atomic E-state index is 0.0328. The van der Waals surface area contributed by atoms with Gasteiger partial charge in [0, 0.05) is 67.8 Å². The summed E-state index contributed by atoms with van der Waals surface area (Å²) in [6.07, 6.45) is 3.32. The summed E-state index contributed by atoms with van der Waals surface area (Å²) in [5.74, 6) is 0. The van der Waals surface area contributed by atoms with Crippen LogP contribution in [0.5, 0.6) is 0 Å². The monoisotopic (exact) mass is 510 g/mol. The average Bonchev–Trinajstić information content (AvgIpc) is 3.26. The van der Waals surface area contributed by atoms with Crippen molar-refractivity contribution in [2.75, 3.05) is 51.2 Å². The number of likely N-dealkylation sites (N-methyl/N-ethyl adjacent to an activating group) is 1. The van der Waals surface area contributed by atoms with E-state index >= 15 is 0 Å². The van der Waals surface area contributed by atoms with E-state index in [2.05, 4.69) is 70.3 Å². The quantitative estimate of drug-likeness (QED) is 0.424. The van der Waals surface area contributed by atoms with Gasteiger partial charge in [0.25, 0.3) is 0 Å². The van der Waals surface area contributed by atoms with Crippen molar-refractivity contribution in [3.05, 3.63) is 51.7 Å². The second-order valence-electron chi connectivity index (χ2n) is 11.4. The van der Waals surface area contributed by atoms with Crippen molar-refractivity contribution in [1.29, 1.82) is 5.26 Å². The molecule has 2 aliphatic rings. The third-order valence-corrected chi connectivity index (χ3v) is 8.83. The first-order valence-corrected chi connectivity index (χ1v) is 14.1. The first-order valence-electron chi connectivity index (χ1n) is 14.1. The Hall–Kier alpha value is -3.34. The van der Waals surface area contributed by atoms with Gasteiger partial charge < -0.3 is 19.4 Å². The number of aryl methyl sites for hydroxylation is 1. The Kier molecular flexibility index (Phi) is 6.41. The van der Waals surface area contributed by atoms with Crippen LogP contribution in [0.25, 0.3) is 32.8 Å². The van der Waals surface area contributed by atoms with Gasteiger partial charge in [-0.3, -0.25) is 9.69 Å². The molecule has 0 atom stereocenters. The number of piperidine rings is 1. The van der Waals surface area contributed by atoms with Gasteiger partial charge in [-0.1, -0.05) is 6.92 Å². The number of piperazine rings is 1. The molecule has 198 valence electrons. The molecule has 2 aliphatic heterocycles. The lowest BCUT2D eigenvalue weighted by Gasteiger charge is -2.43. The van der Waals surface area contributed by atoms with Crippen LogP contribution in [-0.2, 0) is 6.42 Å². The van der Waals surface area contributed by atoms with Gasteiger partial charge in [-0.05, 0) is 76.1 Å². The van der Waals surface area contributed by atoms with Gasteiger partial charge in [0.1, 0.15) is 5.65 Å². The number of pyridine rings is 1. The number of nitrogens with one attached hydrogen (secondary N) is 1. The number of hydrogen-bond acceptors (Lipinski definition) is 5. The van der Waals surface area contributed by atoms with Crippen LogP contribution in [0.1, 0.15) is 50.8 Å². The molecule has 0 amide bonds. The van der Waals surface area contributed by atoms with Gasteiger partial charge in [-0.25, -0.2) is 0 Å². The van der Waals surface area contributed by atoms with Crippen molar-refractivity contribution < 1.29 is 0 Å². The Morgan fingerprint density at radius 1 is 1.03 bits per heavy atom. The van der Waals surface area contributed by atoms with E-state index < -0.39 is 0 Å². The summed E-state index contributed by atoms with van der Waals surface area (Å²) >= 11 is 0. The maximum atomic E-state index is 13.8. The minimum Gasteiger partial charge on any atom is -0.371 e. The van der Waals surface area contributed by atoms with Crippen molar-refractivity contribution in [3.8, 4) is 6.07 Å². The highest BCUT2D eigenvalue weighted by Gasteiger charge is 2.28. The van der Waals surface area contributed by atoms with E-state index in [1.54, 1.807) is 18.2 Å². The predicted octanol–water partition coefficient (Wildman–Crippen LogP) is 4.87. The molecule has 6 rings (SSSR count). The van der Waals surface area contributed by atoms with E-state index in [1.807, 2.05) is 0 Å². The van der Waals surface area contributed by atoms with Crippen LogP contribution >= 0.6 is 0 Å². The minimum absolute atomic E-state index is 0.0328. The lowest BCUT2D eigenvalue weighted by Crippen LogP contribution is -2.52. The zero-order valence-electron chi connectivity index (χ0n) is 23.0. The summed E-state index contributed by atoms with van der Waals surface area (Å²) in [6, 6.07) is 12.9. The molecule has 2 aromatic carbocycles. The summed E-state index contributed by atoms with van der Waals surface area (Å²) in [6.45, 7) is 13.4. The Balaban J connectivity index is 1.44. The van der Waals surface area contributed by atoms with E-state index in [4.69, 9.17) is 0 Å². The van der Waals surface area contributed by atoms with Crippen LogP contribution < -0.4 is 10.3 Å². The summed E-state index contributed by atoms with van der Waals surface area (Å²) in [5, 5.41) is 11.8. The normalized spacial score (nSPS) is 18.3. The Morgan fingerprint density at radius 2 is 1.76 bits per heavy atom. The van der Waals surface area contributed by atoms with E-state index in [0.717, 1.165) is 41.4 Å². The molecule has 2 saturated heterocycles. The van der Waals surface area contributed by atoms with Gasteiger partial charge in [0.15, 0.2) is 5.43 Å². The molecule has 38 heavy (non-hydrogen) atoms. The molecule has 7 heteroatoms. The number of rotatable bonds is 4. The van der Waals surface area contributed by atoms with Crippen LogP contribution in [-0.4, -0.2) is 71.7 Å². The van der Waals surface area contributed by atoms with Crippen LogP contribution in [0.4, 0.5) is 5.69 Å². The Morgan fingerprint density at radius 3 is 2.42 bits per heavy atom. The number of nitrogens with zero attached hydrogens (tertiary/aromatic N) is 5. The number of benzene rings is 2. The third kappa shape index (κ3) is 4.07. The number of hydrogen-bond donors (Lipinski definition) is 1. The van der Waals surface area contributed by atoms with E-state index in [-0.39, 0.29) is 11.5 Å². The molecule has 0 spiro atoms. The van der Waals surface area contributed by atoms with Crippen molar-refractivity contribution in [3.63, 3.8) is 0 Å². The molecule has 0 bridgehead atoms. The zero-order chi connectivity index (χ0) is 26.6. The van der Waals surface area contributed by atoms with Gasteiger partial charge in [0.05, 0.1) is 28.1 Å². The van der Waals surface area contributed by atoms with E-state index in [9.17, 15) is 10.1 Å². The molecule has 0 saturated carbocycles. The fraction of sp³-hybridized carbons (Fsp3) is 0.484. The standard InChI is InChI=1S/C31H38N6O/c1-5-22-17-25-28(18-27(22)36-10-8-23(9-11-36)35-14-12-34(4)13-15-35)37(20(2)3)31-29(25)30(38)24-7-6-21(19-32)16-26(24)33-31/h6-7,16-18,20,23H,5,8-15H2,1-4H3,(H,33,38). The smallest absolute Gasteiger partial charge is 0.199 e. The number of H-pyrrole nitrogens is 1. The Labute approximate surface area is 224 Å². The first kappa shape index (κ1) is 25.0. The van der Waals surface area contributed by atoms with Crippen LogP contribution in [0.3, 0.4) is 0 Å². The molecule has 7 nitrogen and oxygen atoms in total. The highest BCUT2D eigenvalue weighted by molar-refractivity contribution is 6.11. The fourth-order valence-corrected chi connectivity index (χ4v) is 6.69. The largest absolute Gasteiger partial charge is 0.371 e. The van der Waals surface area contributed by atoms with E-state index in [1.165, 1.54) is 50.3 Å². The summed E-state index contributed by atoms with van der Waals surface area (Å²) in [7, 11) is 2.22. The van der Waals surface area contributed by atoms with Gasteiger partial charge in [-0.2, -0.15) is 5.26 Å². The van der Waals surface area contributed by atoms with Crippen molar-refractivity contribution in [2.45, 2.75) is 52.1 Å². The number of nitriles is 1.